The van der Waals surface area contributed by atoms with E-state index in [2.05, 4.69) is 11.9 Å². The molecule has 1 aliphatic carbocycles. The molecule has 2 unspecified atom stereocenters. The van der Waals surface area contributed by atoms with Crippen molar-refractivity contribution < 1.29 is 19.4 Å². The number of carbonyl (C=O) groups excluding carboxylic acids is 1. The number of ether oxygens (including phenoxy) is 1. The first-order valence-corrected chi connectivity index (χ1v) is 6.15. The molecule has 106 valence electrons. The van der Waals surface area contributed by atoms with Crippen LogP contribution in [0, 0.1) is 5.92 Å². The Balaban J connectivity index is 2.46. The highest BCUT2D eigenvalue weighted by atomic mass is 16.5. The highest BCUT2D eigenvalue weighted by Crippen LogP contribution is 2.18. The van der Waals surface area contributed by atoms with Crippen molar-refractivity contribution in [2.45, 2.75) is 12.5 Å². The Kier molecular flexibility index (Phi) is 6.08. The molecule has 0 spiro atoms. The van der Waals surface area contributed by atoms with Crippen LogP contribution < -0.4 is 5.32 Å². The second-order valence-electron chi connectivity index (χ2n) is 4.35. The maximum Gasteiger partial charge on any atom is 0.318 e. The molecule has 0 radical (unpaired) electrons. The molecule has 2 N–H and O–H groups in total. The Morgan fingerprint density at radius 3 is 2.84 bits per heavy atom. The zero-order chi connectivity index (χ0) is 14.3. The number of amides is 2. The Hall–Kier alpha value is -1.82. The lowest BCUT2D eigenvalue weighted by atomic mass is 10.1. The van der Waals surface area contributed by atoms with Crippen LogP contribution in [0.5, 0.6) is 0 Å². The van der Waals surface area contributed by atoms with E-state index >= 15 is 0 Å². The molecule has 0 aromatic rings. The van der Waals surface area contributed by atoms with Crippen LogP contribution in [0.3, 0.4) is 0 Å². The van der Waals surface area contributed by atoms with Gasteiger partial charge < -0.3 is 20.1 Å². The number of nitrogens with one attached hydrogen (secondary N) is 1. The van der Waals surface area contributed by atoms with E-state index in [-0.39, 0.29) is 12.1 Å². The van der Waals surface area contributed by atoms with Gasteiger partial charge in [0.15, 0.2) is 0 Å². The van der Waals surface area contributed by atoms with Crippen molar-refractivity contribution in [3.63, 3.8) is 0 Å². The lowest BCUT2D eigenvalue weighted by Crippen LogP contribution is -2.45. The van der Waals surface area contributed by atoms with E-state index in [0.717, 1.165) is 0 Å². The van der Waals surface area contributed by atoms with Crippen molar-refractivity contribution in [3.8, 4) is 0 Å². The monoisotopic (exact) mass is 268 g/mol. The second-order valence-corrected chi connectivity index (χ2v) is 4.35. The summed E-state index contributed by atoms with van der Waals surface area (Å²) in [6, 6.07) is -0.471. The van der Waals surface area contributed by atoms with Crippen LogP contribution in [0.4, 0.5) is 4.79 Å². The van der Waals surface area contributed by atoms with Crippen LogP contribution in [0.25, 0.3) is 0 Å². The van der Waals surface area contributed by atoms with E-state index in [9.17, 15) is 9.59 Å². The molecule has 6 nitrogen and oxygen atoms in total. The minimum absolute atomic E-state index is 0.233. The summed E-state index contributed by atoms with van der Waals surface area (Å²) in [5, 5.41) is 11.7. The van der Waals surface area contributed by atoms with E-state index in [1.54, 1.807) is 30.2 Å². The highest BCUT2D eigenvalue weighted by molar-refractivity contribution is 5.76. The third-order valence-corrected chi connectivity index (χ3v) is 2.91. The van der Waals surface area contributed by atoms with Gasteiger partial charge in [0.2, 0.25) is 0 Å². The Labute approximate surface area is 112 Å². The largest absolute Gasteiger partial charge is 0.481 e. The molecule has 0 saturated heterocycles. The zero-order valence-electron chi connectivity index (χ0n) is 11.0. The molecule has 19 heavy (non-hydrogen) atoms. The average Bonchev–Trinajstić information content (AvgIpc) is 2.83. The first-order valence-electron chi connectivity index (χ1n) is 6.15. The molecular formula is C13H20N2O4. The Morgan fingerprint density at radius 2 is 2.32 bits per heavy atom. The number of aliphatic carboxylic acids is 1. The summed E-state index contributed by atoms with van der Waals surface area (Å²) in [6.45, 7) is 4.94. The summed E-state index contributed by atoms with van der Waals surface area (Å²) in [5.74, 6) is -1.38. The van der Waals surface area contributed by atoms with Gasteiger partial charge in [-0.25, -0.2) is 4.79 Å². The van der Waals surface area contributed by atoms with Crippen molar-refractivity contribution in [3.05, 3.63) is 24.8 Å². The molecule has 0 aromatic carbocycles. The standard InChI is InChI=1S/C13H20N2O4/c1-3-6-15(7-8-19-2)13(18)14-11-5-4-10(9-11)12(16)17/h3-5,10-11H,1,6-9H2,2H3,(H,14,18)(H,16,17). The topological polar surface area (TPSA) is 78.9 Å². The van der Waals surface area contributed by atoms with Gasteiger partial charge in [0.05, 0.1) is 18.6 Å². The number of rotatable bonds is 7. The number of hydrogen-bond donors (Lipinski definition) is 2. The molecule has 0 heterocycles. The van der Waals surface area contributed by atoms with E-state index in [1.165, 1.54) is 0 Å². The number of carboxylic acid groups (broad SMARTS) is 1. The molecule has 0 aromatic heterocycles. The van der Waals surface area contributed by atoms with E-state index in [0.29, 0.717) is 26.1 Å². The van der Waals surface area contributed by atoms with Crippen molar-refractivity contribution in [2.24, 2.45) is 5.92 Å². The van der Waals surface area contributed by atoms with Gasteiger partial charge in [-0.15, -0.1) is 6.58 Å². The smallest absolute Gasteiger partial charge is 0.318 e. The normalized spacial score (nSPS) is 21.1. The lowest BCUT2D eigenvalue weighted by molar-refractivity contribution is -0.140. The van der Waals surface area contributed by atoms with Gasteiger partial charge in [-0.3, -0.25) is 4.79 Å². The van der Waals surface area contributed by atoms with Crippen molar-refractivity contribution >= 4 is 12.0 Å². The Morgan fingerprint density at radius 1 is 1.58 bits per heavy atom. The fourth-order valence-corrected chi connectivity index (χ4v) is 1.87. The third kappa shape index (κ3) is 4.75. The summed E-state index contributed by atoms with van der Waals surface area (Å²) in [5.41, 5.74) is 0. The number of carbonyl (C=O) groups is 2. The van der Waals surface area contributed by atoms with Crippen molar-refractivity contribution in [2.75, 3.05) is 26.8 Å². The van der Waals surface area contributed by atoms with E-state index in [4.69, 9.17) is 9.84 Å². The van der Waals surface area contributed by atoms with Gasteiger partial charge in [0, 0.05) is 20.2 Å². The average molecular weight is 268 g/mol. The summed E-state index contributed by atoms with van der Waals surface area (Å²) < 4.78 is 4.94. The van der Waals surface area contributed by atoms with Crippen LogP contribution in [0.1, 0.15) is 6.42 Å². The lowest BCUT2D eigenvalue weighted by Gasteiger charge is -2.23. The molecule has 1 rings (SSSR count). The zero-order valence-corrected chi connectivity index (χ0v) is 11.0. The van der Waals surface area contributed by atoms with Crippen LogP contribution in [-0.2, 0) is 9.53 Å². The molecule has 0 bridgehead atoms. The van der Waals surface area contributed by atoms with Gasteiger partial charge >= 0.3 is 12.0 Å². The Bertz CT molecular complexity index is 368. The van der Waals surface area contributed by atoms with Gasteiger partial charge in [0.25, 0.3) is 0 Å². The molecule has 1 aliphatic rings. The van der Waals surface area contributed by atoms with Crippen LogP contribution in [-0.4, -0.2) is 54.9 Å². The fraction of sp³-hybridized carbons (Fsp3) is 0.538. The molecule has 2 atom stereocenters. The van der Waals surface area contributed by atoms with Gasteiger partial charge in [-0.05, 0) is 6.42 Å². The molecular weight excluding hydrogens is 248 g/mol. The maximum atomic E-state index is 12.0. The molecule has 6 heteroatoms. The van der Waals surface area contributed by atoms with Crippen LogP contribution >= 0.6 is 0 Å². The van der Waals surface area contributed by atoms with Gasteiger partial charge in [0.1, 0.15) is 0 Å². The summed E-state index contributed by atoms with van der Waals surface area (Å²) >= 11 is 0. The number of urea groups is 1. The molecule has 0 saturated carbocycles. The third-order valence-electron chi connectivity index (χ3n) is 2.91. The first-order chi connectivity index (χ1) is 9.08. The van der Waals surface area contributed by atoms with Crippen LogP contribution in [0.15, 0.2) is 24.8 Å². The van der Waals surface area contributed by atoms with Crippen molar-refractivity contribution in [1.82, 2.24) is 10.2 Å². The minimum Gasteiger partial charge on any atom is -0.481 e. The SMILES string of the molecule is C=CCN(CCOC)C(=O)NC1C=CC(C(=O)O)C1. The fourth-order valence-electron chi connectivity index (χ4n) is 1.87. The predicted molar refractivity (Wildman–Crippen MR) is 70.8 cm³/mol. The van der Waals surface area contributed by atoms with Gasteiger partial charge in [-0.2, -0.15) is 0 Å². The molecule has 0 fully saturated rings. The summed E-state index contributed by atoms with van der Waals surface area (Å²) in [6.07, 6.45) is 5.37. The molecule has 0 aliphatic heterocycles. The van der Waals surface area contributed by atoms with Gasteiger partial charge in [-0.1, -0.05) is 18.2 Å². The quantitative estimate of drug-likeness (QED) is 0.671. The van der Waals surface area contributed by atoms with E-state index in [1.807, 2.05) is 0 Å². The predicted octanol–water partition coefficient (Wildman–Crippen LogP) is 0.860. The first kappa shape index (κ1) is 15.2. The number of nitrogens with zero attached hydrogens (tertiary/aromatic N) is 1. The number of carboxylic acids is 1. The number of hydrogen-bond acceptors (Lipinski definition) is 3. The second kappa shape index (κ2) is 7.58. The number of methoxy groups -OCH3 is 1. The summed E-state index contributed by atoms with van der Waals surface area (Å²) in [7, 11) is 1.57. The minimum atomic E-state index is -0.865. The van der Waals surface area contributed by atoms with Crippen LogP contribution in [0.2, 0.25) is 0 Å². The highest BCUT2D eigenvalue weighted by Gasteiger charge is 2.26. The maximum absolute atomic E-state index is 12.0. The molecule has 2 amide bonds. The van der Waals surface area contributed by atoms with Crippen molar-refractivity contribution in [1.29, 1.82) is 0 Å². The van der Waals surface area contributed by atoms with E-state index < -0.39 is 11.9 Å². The summed E-state index contributed by atoms with van der Waals surface area (Å²) in [4.78, 5) is 24.4.